The Hall–Kier alpha value is -2.34. The van der Waals surface area contributed by atoms with Crippen molar-refractivity contribution in [1.29, 1.82) is 0 Å². The van der Waals surface area contributed by atoms with Crippen LogP contribution in [0.25, 0.3) is 0 Å². The number of hydrogen-bond donors (Lipinski definition) is 0. The summed E-state index contributed by atoms with van der Waals surface area (Å²) >= 11 is 4.51. The Morgan fingerprint density at radius 1 is 0.963 bits per heavy atom. The largest absolute Gasteiger partial charge is 0.242 e. The molecule has 0 bridgehead atoms. The van der Waals surface area contributed by atoms with Crippen LogP contribution in [-0.4, -0.2) is 10.1 Å². The third-order valence-corrected chi connectivity index (χ3v) is 5.86. The second kappa shape index (κ2) is 8.13. The van der Waals surface area contributed by atoms with Gasteiger partial charge in [-0.25, -0.2) is 9.37 Å². The van der Waals surface area contributed by atoms with Crippen molar-refractivity contribution in [3.63, 3.8) is 0 Å². The summed E-state index contributed by atoms with van der Waals surface area (Å²) in [6.07, 6.45) is 9.72. The molecule has 1 heterocycles. The molecule has 0 spiro atoms. The minimum Gasteiger partial charge on any atom is -0.242 e. The van der Waals surface area contributed by atoms with E-state index in [1.165, 1.54) is 56.4 Å². The van der Waals surface area contributed by atoms with E-state index in [-0.39, 0.29) is 5.69 Å². The summed E-state index contributed by atoms with van der Waals surface area (Å²) in [5, 5.41) is 2.20. The third-order valence-electron chi connectivity index (χ3n) is 5.77. The summed E-state index contributed by atoms with van der Waals surface area (Å²) in [6, 6.07) is 9.66. The fourth-order valence-electron chi connectivity index (χ4n) is 4.10. The number of thiocarbonyl (C=S) groups is 1. The van der Waals surface area contributed by atoms with E-state index in [0.29, 0.717) is 11.6 Å². The van der Waals surface area contributed by atoms with Gasteiger partial charge in [0.05, 0.1) is 17.0 Å². The first-order chi connectivity index (χ1) is 13.2. The van der Waals surface area contributed by atoms with Crippen molar-refractivity contribution < 1.29 is 4.39 Å². The van der Waals surface area contributed by atoms with Crippen molar-refractivity contribution in [2.24, 2.45) is 16.8 Å². The number of hydrogen-bond acceptors (Lipinski definition) is 3. The van der Waals surface area contributed by atoms with Crippen LogP contribution >= 0.6 is 12.2 Å². The Labute approximate surface area is 164 Å². The van der Waals surface area contributed by atoms with Crippen LogP contribution in [0.15, 0.2) is 41.5 Å². The highest BCUT2D eigenvalue weighted by molar-refractivity contribution is 7.78. The summed E-state index contributed by atoms with van der Waals surface area (Å²) in [5.74, 6) is 7.98. The van der Waals surface area contributed by atoms with Crippen LogP contribution in [-0.2, 0) is 0 Å². The van der Waals surface area contributed by atoms with E-state index in [4.69, 9.17) is 0 Å². The Bertz CT molecular complexity index is 923. The van der Waals surface area contributed by atoms with Gasteiger partial charge in [0.1, 0.15) is 5.69 Å². The van der Waals surface area contributed by atoms with Gasteiger partial charge in [0.2, 0.25) is 0 Å². The highest BCUT2D eigenvalue weighted by Crippen LogP contribution is 2.47. The molecule has 2 aromatic rings. The Morgan fingerprint density at radius 3 is 2.22 bits per heavy atom. The standard InChI is InChI=1S/C23H21FN2S/c24-22-13-21(26-15-27)14-25-23(22)12-3-16-1-4-17(5-2-16)18-6-8-19(9-7-18)20-10-11-20/h1-2,4-5,13-14,18-20H,6-11H2. The van der Waals surface area contributed by atoms with Crippen LogP contribution in [0, 0.1) is 29.5 Å². The summed E-state index contributed by atoms with van der Waals surface area (Å²) in [5.41, 5.74) is 2.73. The van der Waals surface area contributed by atoms with E-state index in [9.17, 15) is 4.39 Å². The molecule has 0 radical (unpaired) electrons. The molecule has 1 aromatic heterocycles. The van der Waals surface area contributed by atoms with Crippen molar-refractivity contribution in [3.05, 3.63) is 59.2 Å². The maximum atomic E-state index is 14.0. The molecule has 1 aromatic carbocycles. The van der Waals surface area contributed by atoms with E-state index in [2.05, 4.69) is 51.3 Å². The maximum absolute atomic E-state index is 14.0. The minimum atomic E-state index is -0.502. The lowest BCUT2D eigenvalue weighted by Crippen LogP contribution is -2.14. The van der Waals surface area contributed by atoms with E-state index < -0.39 is 5.82 Å². The number of aromatic nitrogens is 1. The minimum absolute atomic E-state index is 0.112. The lowest BCUT2D eigenvalue weighted by Gasteiger charge is -2.28. The third kappa shape index (κ3) is 4.50. The molecule has 0 saturated heterocycles. The average Bonchev–Trinajstić information content (AvgIpc) is 3.54. The number of aliphatic imine (C=N–C) groups is 1. The van der Waals surface area contributed by atoms with Crippen LogP contribution in [0.3, 0.4) is 0 Å². The average molecular weight is 377 g/mol. The van der Waals surface area contributed by atoms with Gasteiger partial charge in [-0.15, -0.1) is 0 Å². The molecule has 0 atom stereocenters. The van der Waals surface area contributed by atoms with Crippen LogP contribution in [0.2, 0.25) is 0 Å². The second-order valence-corrected chi connectivity index (χ2v) is 7.73. The molecule has 0 amide bonds. The molecule has 0 unspecified atom stereocenters. The van der Waals surface area contributed by atoms with E-state index in [1.807, 2.05) is 12.1 Å². The summed E-state index contributed by atoms with van der Waals surface area (Å²) < 4.78 is 14.0. The molecule has 2 aliphatic carbocycles. The number of nitrogens with zero attached hydrogens (tertiary/aromatic N) is 2. The zero-order valence-corrected chi connectivity index (χ0v) is 15.9. The fourth-order valence-corrected chi connectivity index (χ4v) is 4.20. The molecule has 2 aliphatic rings. The fraction of sp³-hybridized carbons (Fsp3) is 0.391. The van der Waals surface area contributed by atoms with Crippen LogP contribution in [0.5, 0.6) is 0 Å². The van der Waals surface area contributed by atoms with Gasteiger partial charge >= 0.3 is 0 Å². The molecule has 0 aliphatic heterocycles. The Balaban J connectivity index is 1.41. The quantitative estimate of drug-likeness (QED) is 0.371. The monoisotopic (exact) mass is 376 g/mol. The number of halogens is 1. The highest BCUT2D eigenvalue weighted by Gasteiger charge is 2.34. The summed E-state index contributed by atoms with van der Waals surface area (Å²) in [6.45, 7) is 0. The van der Waals surface area contributed by atoms with E-state index >= 15 is 0 Å². The van der Waals surface area contributed by atoms with Crippen molar-refractivity contribution in [1.82, 2.24) is 4.98 Å². The van der Waals surface area contributed by atoms with E-state index in [1.54, 1.807) is 0 Å². The normalized spacial score (nSPS) is 21.7. The predicted molar refractivity (Wildman–Crippen MR) is 109 cm³/mol. The van der Waals surface area contributed by atoms with Gasteiger partial charge in [0, 0.05) is 11.6 Å². The molecular weight excluding hydrogens is 355 g/mol. The van der Waals surface area contributed by atoms with Crippen LogP contribution in [0.1, 0.15) is 61.3 Å². The number of benzene rings is 1. The first-order valence-corrected chi connectivity index (χ1v) is 9.99. The SMILES string of the molecule is Fc1cc(N=C=S)cnc1C#Cc1ccc(C2CCC(C3CC3)CC2)cc1. The number of isothiocyanates is 1. The molecule has 4 rings (SSSR count). The molecule has 4 heteroatoms. The number of pyridine rings is 1. The van der Waals surface area contributed by atoms with Crippen molar-refractivity contribution >= 4 is 23.1 Å². The predicted octanol–water partition coefficient (Wildman–Crippen LogP) is 6.04. The van der Waals surface area contributed by atoms with Gasteiger partial charge < -0.3 is 0 Å². The van der Waals surface area contributed by atoms with Crippen molar-refractivity contribution in [2.75, 3.05) is 0 Å². The zero-order chi connectivity index (χ0) is 18.6. The molecule has 27 heavy (non-hydrogen) atoms. The zero-order valence-electron chi connectivity index (χ0n) is 15.1. The molecule has 136 valence electrons. The van der Waals surface area contributed by atoms with Gasteiger partial charge in [-0.3, -0.25) is 0 Å². The Kier molecular flexibility index (Phi) is 5.43. The first-order valence-electron chi connectivity index (χ1n) is 9.58. The summed E-state index contributed by atoms with van der Waals surface area (Å²) in [7, 11) is 0. The van der Waals surface area contributed by atoms with Crippen LogP contribution in [0.4, 0.5) is 10.1 Å². The molecule has 2 nitrogen and oxygen atoms in total. The van der Waals surface area contributed by atoms with Gasteiger partial charge in [0.25, 0.3) is 0 Å². The van der Waals surface area contributed by atoms with Gasteiger partial charge in [0.15, 0.2) is 5.82 Å². The van der Waals surface area contributed by atoms with Crippen LogP contribution < -0.4 is 0 Å². The first kappa shape index (κ1) is 18.0. The van der Waals surface area contributed by atoms with Crippen molar-refractivity contribution in [2.45, 2.75) is 44.4 Å². The molecular formula is C23H21FN2S. The highest BCUT2D eigenvalue weighted by atomic mass is 32.1. The van der Waals surface area contributed by atoms with Crippen molar-refractivity contribution in [3.8, 4) is 11.8 Å². The van der Waals surface area contributed by atoms with Gasteiger partial charge in [-0.2, -0.15) is 4.99 Å². The van der Waals surface area contributed by atoms with E-state index in [0.717, 1.165) is 17.4 Å². The summed E-state index contributed by atoms with van der Waals surface area (Å²) in [4.78, 5) is 7.71. The topological polar surface area (TPSA) is 25.2 Å². The lowest BCUT2D eigenvalue weighted by atomic mass is 9.77. The maximum Gasteiger partial charge on any atom is 0.159 e. The number of rotatable bonds is 3. The smallest absolute Gasteiger partial charge is 0.159 e. The second-order valence-electron chi connectivity index (χ2n) is 7.55. The lowest BCUT2D eigenvalue weighted by molar-refractivity contribution is 0.296. The Morgan fingerprint density at radius 2 is 1.63 bits per heavy atom. The molecule has 2 fully saturated rings. The molecule has 2 saturated carbocycles. The molecule has 0 N–H and O–H groups in total. The van der Waals surface area contributed by atoms with Gasteiger partial charge in [-0.05, 0) is 92.1 Å². The van der Waals surface area contributed by atoms with Gasteiger partial charge in [-0.1, -0.05) is 18.1 Å².